The number of benzene rings is 1. The van der Waals surface area contributed by atoms with Crippen molar-refractivity contribution in [1.29, 1.82) is 0 Å². The van der Waals surface area contributed by atoms with E-state index in [0.29, 0.717) is 11.6 Å². The lowest BCUT2D eigenvalue weighted by atomic mass is 10.2. The van der Waals surface area contributed by atoms with Crippen molar-refractivity contribution in [1.82, 2.24) is 15.0 Å². The molecule has 0 radical (unpaired) electrons. The molecule has 0 bridgehead atoms. The maximum atomic E-state index is 11.3. The van der Waals surface area contributed by atoms with Crippen LogP contribution < -0.4 is 5.32 Å². The zero-order valence-corrected chi connectivity index (χ0v) is 11.5. The maximum absolute atomic E-state index is 11.3. The molecule has 0 spiro atoms. The third kappa shape index (κ3) is 2.90. The van der Waals surface area contributed by atoms with Gasteiger partial charge in [0.2, 0.25) is 0 Å². The molecule has 6 heteroatoms. The number of aromatic carboxylic acids is 1. The Labute approximate surface area is 126 Å². The molecule has 0 aliphatic rings. The summed E-state index contributed by atoms with van der Waals surface area (Å²) < 4.78 is 0. The minimum atomic E-state index is -1.10. The number of carbonyl (C=O) groups is 1. The molecule has 0 aliphatic carbocycles. The Morgan fingerprint density at radius 3 is 2.45 bits per heavy atom. The molecule has 6 nitrogen and oxygen atoms in total. The van der Waals surface area contributed by atoms with Crippen LogP contribution in [0.3, 0.4) is 0 Å². The van der Waals surface area contributed by atoms with Crippen LogP contribution in [-0.4, -0.2) is 26.0 Å². The number of carboxylic acids is 1. The van der Waals surface area contributed by atoms with Gasteiger partial charge in [0.05, 0.1) is 0 Å². The Hall–Kier alpha value is -3.28. The average Bonchev–Trinajstić information content (AvgIpc) is 2.56. The lowest BCUT2D eigenvalue weighted by Gasteiger charge is -2.09. The third-order valence-electron chi connectivity index (χ3n) is 2.96. The van der Waals surface area contributed by atoms with Crippen molar-refractivity contribution >= 4 is 17.6 Å². The Morgan fingerprint density at radius 2 is 1.77 bits per heavy atom. The fourth-order valence-corrected chi connectivity index (χ4v) is 1.92. The van der Waals surface area contributed by atoms with Crippen LogP contribution >= 0.6 is 0 Å². The minimum absolute atomic E-state index is 0.00895. The number of aromatic nitrogens is 3. The summed E-state index contributed by atoms with van der Waals surface area (Å²) in [5.74, 6) is 0.0739. The maximum Gasteiger partial charge on any atom is 0.341 e. The molecule has 0 amide bonds. The lowest BCUT2D eigenvalue weighted by molar-refractivity contribution is 0.0697. The fourth-order valence-electron chi connectivity index (χ4n) is 1.92. The first-order valence-electron chi connectivity index (χ1n) is 6.58. The Kier molecular flexibility index (Phi) is 3.74. The van der Waals surface area contributed by atoms with E-state index in [2.05, 4.69) is 20.3 Å². The zero-order valence-electron chi connectivity index (χ0n) is 11.5. The number of carboxylic acid groups (broad SMARTS) is 1. The molecule has 2 aromatic heterocycles. The van der Waals surface area contributed by atoms with Gasteiger partial charge in [-0.3, -0.25) is 0 Å². The van der Waals surface area contributed by atoms with Crippen molar-refractivity contribution in [3.05, 3.63) is 66.5 Å². The predicted molar refractivity (Wildman–Crippen MR) is 81.9 cm³/mol. The molecule has 3 aromatic rings. The van der Waals surface area contributed by atoms with Gasteiger partial charge in [-0.1, -0.05) is 36.4 Å². The van der Waals surface area contributed by atoms with Crippen LogP contribution in [0.4, 0.5) is 11.6 Å². The second-order valence-corrected chi connectivity index (χ2v) is 4.47. The molecule has 3 rings (SSSR count). The second-order valence-electron chi connectivity index (χ2n) is 4.47. The van der Waals surface area contributed by atoms with E-state index in [-0.39, 0.29) is 11.4 Å². The van der Waals surface area contributed by atoms with Crippen molar-refractivity contribution in [2.75, 3.05) is 5.32 Å². The molecule has 2 heterocycles. The first kappa shape index (κ1) is 13.7. The molecule has 1 aromatic carbocycles. The molecular formula is C16H12N4O2. The standard InChI is InChI=1S/C16H12N4O2/c21-16(22)12-10-18-14(11-6-2-1-3-7-11)20-15(12)19-13-8-4-5-9-17-13/h1-10H,(H,21,22)(H,17,18,19,20). The summed E-state index contributed by atoms with van der Waals surface area (Å²) in [5, 5.41) is 12.2. The van der Waals surface area contributed by atoms with Crippen molar-refractivity contribution in [2.45, 2.75) is 0 Å². The van der Waals surface area contributed by atoms with Gasteiger partial charge in [-0.2, -0.15) is 0 Å². The van der Waals surface area contributed by atoms with E-state index in [1.165, 1.54) is 6.20 Å². The third-order valence-corrected chi connectivity index (χ3v) is 2.96. The number of rotatable bonds is 4. The first-order chi connectivity index (χ1) is 10.7. The van der Waals surface area contributed by atoms with Crippen molar-refractivity contribution in [2.24, 2.45) is 0 Å². The van der Waals surface area contributed by atoms with Crippen LogP contribution in [0, 0.1) is 0 Å². The molecule has 0 fully saturated rings. The highest BCUT2D eigenvalue weighted by Gasteiger charge is 2.15. The van der Waals surface area contributed by atoms with E-state index >= 15 is 0 Å². The quantitative estimate of drug-likeness (QED) is 0.768. The minimum Gasteiger partial charge on any atom is -0.477 e. The van der Waals surface area contributed by atoms with E-state index in [0.717, 1.165) is 5.56 Å². The van der Waals surface area contributed by atoms with Crippen LogP contribution in [0.15, 0.2) is 60.9 Å². The Bertz CT molecular complexity index is 792. The normalized spacial score (nSPS) is 10.2. The van der Waals surface area contributed by atoms with Gasteiger partial charge in [0.1, 0.15) is 17.2 Å². The SMILES string of the molecule is O=C(O)c1cnc(-c2ccccc2)nc1Nc1ccccn1. The number of nitrogens with zero attached hydrogens (tertiary/aromatic N) is 3. The molecule has 108 valence electrons. The number of anilines is 2. The van der Waals surface area contributed by atoms with Crippen LogP contribution in [0.1, 0.15) is 10.4 Å². The summed E-state index contributed by atoms with van der Waals surface area (Å²) in [6.07, 6.45) is 2.91. The van der Waals surface area contributed by atoms with Crippen molar-refractivity contribution in [3.63, 3.8) is 0 Å². The summed E-state index contributed by atoms with van der Waals surface area (Å²) in [4.78, 5) is 23.9. The van der Waals surface area contributed by atoms with Crippen LogP contribution in [-0.2, 0) is 0 Å². The predicted octanol–water partition coefficient (Wildman–Crippen LogP) is 2.98. The van der Waals surface area contributed by atoms with Gasteiger partial charge in [0.15, 0.2) is 5.82 Å². The molecule has 0 unspecified atom stereocenters. The number of hydrogen-bond acceptors (Lipinski definition) is 5. The Morgan fingerprint density at radius 1 is 1.00 bits per heavy atom. The van der Waals surface area contributed by atoms with Gasteiger partial charge in [-0.25, -0.2) is 19.7 Å². The molecule has 0 atom stereocenters. The summed E-state index contributed by atoms with van der Waals surface area (Å²) in [7, 11) is 0. The lowest BCUT2D eigenvalue weighted by Crippen LogP contribution is -2.07. The average molecular weight is 292 g/mol. The van der Waals surface area contributed by atoms with Gasteiger partial charge in [0.25, 0.3) is 0 Å². The smallest absolute Gasteiger partial charge is 0.341 e. The van der Waals surface area contributed by atoms with E-state index in [1.807, 2.05) is 30.3 Å². The topological polar surface area (TPSA) is 88.0 Å². The fraction of sp³-hybridized carbons (Fsp3) is 0. The molecule has 0 saturated carbocycles. The highest BCUT2D eigenvalue weighted by atomic mass is 16.4. The first-order valence-corrected chi connectivity index (χ1v) is 6.58. The number of hydrogen-bond donors (Lipinski definition) is 2. The second kappa shape index (κ2) is 6.01. The van der Waals surface area contributed by atoms with Gasteiger partial charge >= 0.3 is 5.97 Å². The summed E-state index contributed by atoms with van der Waals surface area (Å²) in [6.45, 7) is 0. The van der Waals surface area contributed by atoms with E-state index in [4.69, 9.17) is 0 Å². The molecule has 0 saturated heterocycles. The van der Waals surface area contributed by atoms with Crippen LogP contribution in [0.2, 0.25) is 0 Å². The molecule has 2 N–H and O–H groups in total. The summed E-state index contributed by atoms with van der Waals surface area (Å²) >= 11 is 0. The molecular weight excluding hydrogens is 280 g/mol. The largest absolute Gasteiger partial charge is 0.477 e. The zero-order chi connectivity index (χ0) is 15.4. The summed E-state index contributed by atoms with van der Waals surface area (Å²) in [6, 6.07) is 14.7. The van der Waals surface area contributed by atoms with Gasteiger partial charge in [0, 0.05) is 18.0 Å². The van der Waals surface area contributed by atoms with Gasteiger partial charge in [-0.15, -0.1) is 0 Å². The van der Waals surface area contributed by atoms with Gasteiger partial charge < -0.3 is 10.4 Å². The van der Waals surface area contributed by atoms with Gasteiger partial charge in [-0.05, 0) is 12.1 Å². The highest BCUT2D eigenvalue weighted by Crippen LogP contribution is 2.21. The van der Waals surface area contributed by atoms with E-state index in [9.17, 15) is 9.90 Å². The Balaban J connectivity index is 2.03. The van der Waals surface area contributed by atoms with Crippen molar-refractivity contribution < 1.29 is 9.90 Å². The number of nitrogens with one attached hydrogen (secondary N) is 1. The monoisotopic (exact) mass is 292 g/mol. The summed E-state index contributed by atoms with van der Waals surface area (Å²) in [5.41, 5.74) is 0.800. The van der Waals surface area contributed by atoms with E-state index < -0.39 is 5.97 Å². The van der Waals surface area contributed by atoms with E-state index in [1.54, 1.807) is 24.4 Å². The molecule has 0 aliphatic heterocycles. The van der Waals surface area contributed by atoms with Crippen LogP contribution in [0.25, 0.3) is 11.4 Å². The number of pyridine rings is 1. The highest BCUT2D eigenvalue weighted by molar-refractivity contribution is 5.93. The van der Waals surface area contributed by atoms with Crippen molar-refractivity contribution in [3.8, 4) is 11.4 Å². The molecule has 22 heavy (non-hydrogen) atoms. The van der Waals surface area contributed by atoms with Crippen LogP contribution in [0.5, 0.6) is 0 Å².